The third-order valence-electron chi connectivity index (χ3n) is 3.32. The Kier molecular flexibility index (Phi) is 3.26. The second-order valence-electron chi connectivity index (χ2n) is 4.49. The number of benzene rings is 1. The Morgan fingerprint density at radius 2 is 2.37 bits per heavy atom. The summed E-state index contributed by atoms with van der Waals surface area (Å²) in [4.78, 5) is 0. The molecule has 96 valence electrons. The minimum absolute atomic E-state index is 0.439. The number of rotatable bonds is 2. The molecule has 0 aliphatic carbocycles. The molecule has 19 heavy (non-hydrogen) atoms. The second-order valence-corrected chi connectivity index (χ2v) is 5.80. The van der Waals surface area contributed by atoms with Gasteiger partial charge in [0.2, 0.25) is 0 Å². The molecule has 0 amide bonds. The van der Waals surface area contributed by atoms with Crippen LogP contribution in [-0.2, 0) is 6.54 Å². The maximum Gasteiger partial charge on any atom is 0.164 e. The lowest BCUT2D eigenvalue weighted by Crippen LogP contribution is -2.15. The van der Waals surface area contributed by atoms with Crippen LogP contribution in [0.5, 0.6) is 0 Å². The number of hydrogen-bond acceptors (Lipinski definition) is 4. The molecule has 5 heteroatoms. The number of thioether (sulfide) groups is 1. The lowest BCUT2D eigenvalue weighted by Gasteiger charge is -2.22. The summed E-state index contributed by atoms with van der Waals surface area (Å²) in [7, 11) is 0. The first-order valence-corrected chi connectivity index (χ1v) is 7.43. The van der Waals surface area contributed by atoms with E-state index in [1.165, 1.54) is 0 Å². The van der Waals surface area contributed by atoms with Crippen molar-refractivity contribution in [3.63, 3.8) is 0 Å². The van der Waals surface area contributed by atoms with Crippen molar-refractivity contribution in [1.82, 2.24) is 14.8 Å². The van der Waals surface area contributed by atoms with E-state index in [0.717, 1.165) is 35.9 Å². The highest BCUT2D eigenvalue weighted by molar-refractivity contribution is 7.99. The molecule has 1 aliphatic heterocycles. The van der Waals surface area contributed by atoms with Crippen molar-refractivity contribution in [2.75, 3.05) is 5.75 Å². The standard InChI is InChI=1S/C14H14N4S/c1-2-12-14-17-16-13(18(14)6-7-19-12)11-5-3-4-10(8-11)9-15/h3-5,8,12H,2,6-7H2,1H3. The molecule has 4 nitrogen and oxygen atoms in total. The van der Waals surface area contributed by atoms with Crippen LogP contribution in [0.15, 0.2) is 24.3 Å². The van der Waals surface area contributed by atoms with Crippen LogP contribution in [0.1, 0.15) is 30.0 Å². The van der Waals surface area contributed by atoms with Crippen LogP contribution in [0.2, 0.25) is 0 Å². The molecular formula is C14H14N4S. The fourth-order valence-corrected chi connectivity index (χ4v) is 3.51. The number of aromatic nitrogens is 3. The molecule has 3 rings (SSSR count). The summed E-state index contributed by atoms with van der Waals surface area (Å²) in [5, 5.41) is 18.1. The van der Waals surface area contributed by atoms with Gasteiger partial charge >= 0.3 is 0 Å². The average molecular weight is 270 g/mol. The minimum atomic E-state index is 0.439. The highest BCUT2D eigenvalue weighted by Crippen LogP contribution is 2.36. The van der Waals surface area contributed by atoms with E-state index in [2.05, 4.69) is 27.8 Å². The monoisotopic (exact) mass is 270 g/mol. The van der Waals surface area contributed by atoms with Crippen LogP contribution >= 0.6 is 11.8 Å². The molecule has 1 aromatic carbocycles. The first-order chi connectivity index (χ1) is 9.33. The van der Waals surface area contributed by atoms with E-state index in [1.807, 2.05) is 36.0 Å². The van der Waals surface area contributed by atoms with Crippen molar-refractivity contribution in [2.24, 2.45) is 0 Å². The smallest absolute Gasteiger partial charge is 0.164 e. The lowest BCUT2D eigenvalue weighted by atomic mass is 10.1. The fourth-order valence-electron chi connectivity index (χ4n) is 2.38. The molecule has 2 aromatic rings. The van der Waals surface area contributed by atoms with E-state index in [9.17, 15) is 0 Å². The van der Waals surface area contributed by atoms with E-state index in [1.54, 1.807) is 0 Å². The van der Waals surface area contributed by atoms with Crippen LogP contribution in [0, 0.1) is 11.3 Å². The van der Waals surface area contributed by atoms with E-state index in [4.69, 9.17) is 5.26 Å². The molecule has 1 atom stereocenters. The third-order valence-corrected chi connectivity index (χ3v) is 4.69. The van der Waals surface area contributed by atoms with Crippen molar-refractivity contribution < 1.29 is 0 Å². The van der Waals surface area contributed by atoms with Gasteiger partial charge in [0.15, 0.2) is 5.82 Å². The first-order valence-electron chi connectivity index (χ1n) is 6.38. The molecule has 2 heterocycles. The molecule has 1 aliphatic rings. The topological polar surface area (TPSA) is 54.5 Å². The first kappa shape index (κ1) is 12.2. The summed E-state index contributed by atoms with van der Waals surface area (Å²) < 4.78 is 2.20. The van der Waals surface area contributed by atoms with Gasteiger partial charge < -0.3 is 4.57 Å². The van der Waals surface area contributed by atoms with Gasteiger partial charge in [-0.05, 0) is 18.6 Å². The van der Waals surface area contributed by atoms with Gasteiger partial charge in [-0.1, -0.05) is 19.1 Å². The van der Waals surface area contributed by atoms with Crippen molar-refractivity contribution in [3.8, 4) is 17.5 Å². The fraction of sp³-hybridized carbons (Fsp3) is 0.357. The molecule has 0 saturated heterocycles. The molecule has 0 N–H and O–H groups in total. The van der Waals surface area contributed by atoms with Crippen molar-refractivity contribution in [3.05, 3.63) is 35.7 Å². The highest BCUT2D eigenvalue weighted by Gasteiger charge is 2.24. The Hall–Kier alpha value is -1.80. The van der Waals surface area contributed by atoms with Gasteiger partial charge in [-0.15, -0.1) is 22.0 Å². The average Bonchev–Trinajstić information content (AvgIpc) is 2.91. The summed E-state index contributed by atoms with van der Waals surface area (Å²) in [6, 6.07) is 9.73. The van der Waals surface area contributed by atoms with Crippen LogP contribution in [0.3, 0.4) is 0 Å². The van der Waals surface area contributed by atoms with Gasteiger partial charge in [0, 0.05) is 17.9 Å². The van der Waals surface area contributed by atoms with Gasteiger partial charge in [0.25, 0.3) is 0 Å². The van der Waals surface area contributed by atoms with E-state index >= 15 is 0 Å². The zero-order chi connectivity index (χ0) is 13.2. The molecule has 1 unspecified atom stereocenters. The predicted octanol–water partition coefficient (Wildman–Crippen LogP) is 3.01. The minimum Gasteiger partial charge on any atom is -0.309 e. The second kappa shape index (κ2) is 5.06. The number of nitrogens with zero attached hydrogens (tertiary/aromatic N) is 4. The van der Waals surface area contributed by atoms with Gasteiger partial charge in [0.1, 0.15) is 5.82 Å². The number of nitriles is 1. The summed E-state index contributed by atoms with van der Waals surface area (Å²) >= 11 is 1.95. The molecule has 0 spiro atoms. The van der Waals surface area contributed by atoms with Gasteiger partial charge in [-0.25, -0.2) is 0 Å². The van der Waals surface area contributed by atoms with Crippen molar-refractivity contribution in [2.45, 2.75) is 25.1 Å². The molecule has 0 saturated carbocycles. The normalized spacial score (nSPS) is 17.8. The van der Waals surface area contributed by atoms with Crippen LogP contribution in [0.4, 0.5) is 0 Å². The Labute approximate surface area is 116 Å². The highest BCUT2D eigenvalue weighted by atomic mass is 32.2. The zero-order valence-electron chi connectivity index (χ0n) is 10.7. The van der Waals surface area contributed by atoms with Gasteiger partial charge in [0.05, 0.1) is 16.9 Å². The van der Waals surface area contributed by atoms with Crippen LogP contribution in [0.25, 0.3) is 11.4 Å². The quantitative estimate of drug-likeness (QED) is 0.841. The summed E-state index contributed by atoms with van der Waals surface area (Å²) in [5.41, 5.74) is 1.63. The Morgan fingerprint density at radius 3 is 3.16 bits per heavy atom. The maximum absolute atomic E-state index is 8.98. The van der Waals surface area contributed by atoms with Crippen LogP contribution in [-0.4, -0.2) is 20.5 Å². The SMILES string of the molecule is CCC1SCCn2c(-c3cccc(C#N)c3)nnc21. The maximum atomic E-state index is 8.98. The number of hydrogen-bond donors (Lipinski definition) is 0. The van der Waals surface area contributed by atoms with Crippen molar-refractivity contribution >= 4 is 11.8 Å². The van der Waals surface area contributed by atoms with Crippen molar-refractivity contribution in [1.29, 1.82) is 5.26 Å². The summed E-state index contributed by atoms with van der Waals surface area (Å²) in [6.07, 6.45) is 1.07. The van der Waals surface area contributed by atoms with E-state index in [0.29, 0.717) is 10.8 Å². The molecule has 0 radical (unpaired) electrons. The van der Waals surface area contributed by atoms with Gasteiger partial charge in [-0.3, -0.25) is 0 Å². The van der Waals surface area contributed by atoms with Gasteiger partial charge in [-0.2, -0.15) is 5.26 Å². The van der Waals surface area contributed by atoms with E-state index in [-0.39, 0.29) is 0 Å². The Morgan fingerprint density at radius 1 is 1.47 bits per heavy atom. The van der Waals surface area contributed by atoms with E-state index < -0.39 is 0 Å². The molecule has 0 fully saturated rings. The Bertz CT molecular complexity index is 641. The predicted molar refractivity (Wildman–Crippen MR) is 75.7 cm³/mol. The molecule has 1 aromatic heterocycles. The summed E-state index contributed by atoms with van der Waals surface area (Å²) in [5.74, 6) is 3.04. The summed E-state index contributed by atoms with van der Waals surface area (Å²) in [6.45, 7) is 3.12. The number of fused-ring (bicyclic) bond motifs is 1. The molecular weight excluding hydrogens is 256 g/mol. The molecule has 0 bridgehead atoms. The third kappa shape index (κ3) is 2.13. The van der Waals surface area contributed by atoms with Crippen LogP contribution < -0.4 is 0 Å². The largest absolute Gasteiger partial charge is 0.309 e. The Balaban J connectivity index is 2.07. The zero-order valence-corrected chi connectivity index (χ0v) is 11.5. The lowest BCUT2D eigenvalue weighted by molar-refractivity contribution is 0.662.